The van der Waals surface area contributed by atoms with Crippen LogP contribution >= 0.6 is 15.9 Å². The molecule has 0 bridgehead atoms. The Labute approximate surface area is 104 Å². The molecular weight excluding hydrogens is 272 g/mol. The lowest BCUT2D eigenvalue weighted by atomic mass is 10.0. The maximum atomic E-state index is 10.0. The van der Waals surface area contributed by atoms with Gasteiger partial charge in [0, 0.05) is 15.6 Å². The standard InChI is InChI=1S/C12H15BrO3/c1-2-16-11-4-3-9(13)12-8(11)5-6-15-7-10(12)14/h3-4,10,14H,2,5-7H2,1H3. The zero-order valence-corrected chi connectivity index (χ0v) is 10.8. The van der Waals surface area contributed by atoms with E-state index in [0.29, 0.717) is 19.8 Å². The van der Waals surface area contributed by atoms with Crippen molar-refractivity contribution in [2.75, 3.05) is 19.8 Å². The molecule has 1 unspecified atom stereocenters. The predicted octanol–water partition coefficient (Wildman–Crippen LogP) is 2.45. The summed E-state index contributed by atoms with van der Waals surface area (Å²) < 4.78 is 11.8. The number of benzene rings is 1. The summed E-state index contributed by atoms with van der Waals surface area (Å²) in [6.07, 6.45) is 0.202. The molecule has 2 rings (SSSR count). The minimum absolute atomic E-state index is 0.348. The molecule has 1 atom stereocenters. The number of aliphatic hydroxyl groups is 1. The van der Waals surface area contributed by atoms with Gasteiger partial charge >= 0.3 is 0 Å². The molecule has 88 valence electrons. The van der Waals surface area contributed by atoms with Gasteiger partial charge in [0.15, 0.2) is 0 Å². The second-order valence-electron chi connectivity index (χ2n) is 3.71. The van der Waals surface area contributed by atoms with Crippen molar-refractivity contribution < 1.29 is 14.6 Å². The average molecular weight is 287 g/mol. The monoisotopic (exact) mass is 286 g/mol. The van der Waals surface area contributed by atoms with Crippen LogP contribution in [0.25, 0.3) is 0 Å². The summed E-state index contributed by atoms with van der Waals surface area (Å²) in [5.74, 6) is 0.852. The fourth-order valence-corrected chi connectivity index (χ4v) is 2.61. The van der Waals surface area contributed by atoms with E-state index in [9.17, 15) is 5.11 Å². The van der Waals surface area contributed by atoms with E-state index in [2.05, 4.69) is 15.9 Å². The molecule has 0 radical (unpaired) electrons. The van der Waals surface area contributed by atoms with E-state index < -0.39 is 6.10 Å². The highest BCUT2D eigenvalue weighted by molar-refractivity contribution is 9.10. The molecule has 1 aliphatic rings. The molecule has 1 aromatic carbocycles. The Morgan fingerprint density at radius 3 is 3.12 bits per heavy atom. The Morgan fingerprint density at radius 2 is 2.38 bits per heavy atom. The molecule has 1 heterocycles. The minimum Gasteiger partial charge on any atom is -0.494 e. The fraction of sp³-hybridized carbons (Fsp3) is 0.500. The fourth-order valence-electron chi connectivity index (χ4n) is 1.98. The Balaban J connectivity index is 2.48. The van der Waals surface area contributed by atoms with E-state index in [-0.39, 0.29) is 0 Å². The SMILES string of the molecule is CCOc1ccc(Br)c2c1CCOCC2O. The van der Waals surface area contributed by atoms with Crippen LogP contribution in [0, 0.1) is 0 Å². The molecule has 0 saturated carbocycles. The van der Waals surface area contributed by atoms with E-state index in [1.165, 1.54) is 0 Å². The summed E-state index contributed by atoms with van der Waals surface area (Å²) in [6.45, 7) is 3.56. The van der Waals surface area contributed by atoms with Gasteiger partial charge in [-0.05, 0) is 25.5 Å². The van der Waals surface area contributed by atoms with Gasteiger partial charge in [0.1, 0.15) is 11.9 Å². The van der Waals surface area contributed by atoms with Crippen LogP contribution in [0.1, 0.15) is 24.2 Å². The van der Waals surface area contributed by atoms with Crippen molar-refractivity contribution in [1.29, 1.82) is 0 Å². The van der Waals surface area contributed by atoms with Crippen molar-refractivity contribution in [2.45, 2.75) is 19.4 Å². The van der Waals surface area contributed by atoms with Gasteiger partial charge in [-0.2, -0.15) is 0 Å². The zero-order valence-electron chi connectivity index (χ0n) is 9.20. The molecule has 0 fully saturated rings. The molecule has 0 saturated heterocycles. The van der Waals surface area contributed by atoms with Crippen LogP contribution in [0.3, 0.4) is 0 Å². The van der Waals surface area contributed by atoms with Gasteiger partial charge in [0.2, 0.25) is 0 Å². The van der Waals surface area contributed by atoms with E-state index in [1.807, 2.05) is 19.1 Å². The predicted molar refractivity (Wildman–Crippen MR) is 64.8 cm³/mol. The highest BCUT2D eigenvalue weighted by atomic mass is 79.9. The lowest BCUT2D eigenvalue weighted by Crippen LogP contribution is -2.07. The Bertz CT molecular complexity index is 379. The quantitative estimate of drug-likeness (QED) is 0.908. The van der Waals surface area contributed by atoms with Crippen molar-refractivity contribution >= 4 is 15.9 Å². The Kier molecular flexibility index (Phi) is 3.84. The highest BCUT2D eigenvalue weighted by Crippen LogP contribution is 2.35. The van der Waals surface area contributed by atoms with Crippen LogP contribution in [-0.2, 0) is 11.2 Å². The minimum atomic E-state index is -0.577. The molecule has 1 aromatic rings. The molecule has 3 nitrogen and oxygen atoms in total. The lowest BCUT2D eigenvalue weighted by Gasteiger charge is -2.16. The molecular formula is C12H15BrO3. The number of rotatable bonds is 2. The third kappa shape index (κ3) is 2.24. The van der Waals surface area contributed by atoms with Crippen LogP contribution < -0.4 is 4.74 Å². The molecule has 1 aliphatic heterocycles. The molecule has 0 spiro atoms. The van der Waals surface area contributed by atoms with Crippen molar-refractivity contribution in [2.24, 2.45) is 0 Å². The first-order valence-corrected chi connectivity index (χ1v) is 6.23. The lowest BCUT2D eigenvalue weighted by molar-refractivity contribution is 0.0449. The van der Waals surface area contributed by atoms with Crippen LogP contribution in [0.5, 0.6) is 5.75 Å². The Morgan fingerprint density at radius 1 is 1.56 bits per heavy atom. The van der Waals surface area contributed by atoms with Gasteiger partial charge in [-0.25, -0.2) is 0 Å². The average Bonchev–Trinajstić information content (AvgIpc) is 2.46. The van der Waals surface area contributed by atoms with Crippen molar-refractivity contribution in [3.05, 3.63) is 27.7 Å². The van der Waals surface area contributed by atoms with Gasteiger partial charge in [0.25, 0.3) is 0 Å². The third-order valence-electron chi connectivity index (χ3n) is 2.67. The van der Waals surface area contributed by atoms with E-state index in [4.69, 9.17) is 9.47 Å². The van der Waals surface area contributed by atoms with Gasteiger partial charge < -0.3 is 14.6 Å². The second-order valence-corrected chi connectivity index (χ2v) is 4.57. The summed E-state index contributed by atoms with van der Waals surface area (Å²) in [7, 11) is 0. The summed E-state index contributed by atoms with van der Waals surface area (Å²) in [6, 6.07) is 3.85. The first kappa shape index (κ1) is 11.9. The van der Waals surface area contributed by atoms with Crippen LogP contribution in [-0.4, -0.2) is 24.9 Å². The van der Waals surface area contributed by atoms with Crippen molar-refractivity contribution in [3.63, 3.8) is 0 Å². The molecule has 4 heteroatoms. The van der Waals surface area contributed by atoms with Gasteiger partial charge in [-0.1, -0.05) is 15.9 Å². The number of fused-ring (bicyclic) bond motifs is 1. The third-order valence-corrected chi connectivity index (χ3v) is 3.36. The van der Waals surface area contributed by atoms with Gasteiger partial charge in [-0.15, -0.1) is 0 Å². The van der Waals surface area contributed by atoms with E-state index in [0.717, 1.165) is 27.8 Å². The second kappa shape index (κ2) is 5.17. The highest BCUT2D eigenvalue weighted by Gasteiger charge is 2.22. The maximum Gasteiger partial charge on any atom is 0.122 e. The van der Waals surface area contributed by atoms with Crippen LogP contribution in [0.15, 0.2) is 16.6 Å². The largest absolute Gasteiger partial charge is 0.494 e. The normalized spacial score (nSPS) is 20.1. The number of ether oxygens (including phenoxy) is 2. The number of aliphatic hydroxyl groups excluding tert-OH is 1. The molecule has 16 heavy (non-hydrogen) atoms. The van der Waals surface area contributed by atoms with Crippen molar-refractivity contribution in [1.82, 2.24) is 0 Å². The summed E-state index contributed by atoms with van der Waals surface area (Å²) in [5, 5.41) is 10.0. The molecule has 0 amide bonds. The van der Waals surface area contributed by atoms with Crippen LogP contribution in [0.2, 0.25) is 0 Å². The van der Waals surface area contributed by atoms with Gasteiger partial charge in [-0.3, -0.25) is 0 Å². The number of hydrogen-bond donors (Lipinski definition) is 1. The molecule has 0 aliphatic carbocycles. The molecule has 1 N–H and O–H groups in total. The van der Waals surface area contributed by atoms with Crippen LogP contribution in [0.4, 0.5) is 0 Å². The molecule has 0 aromatic heterocycles. The summed E-state index contributed by atoms with van der Waals surface area (Å²) in [4.78, 5) is 0. The van der Waals surface area contributed by atoms with E-state index in [1.54, 1.807) is 0 Å². The van der Waals surface area contributed by atoms with Gasteiger partial charge in [0.05, 0.1) is 19.8 Å². The smallest absolute Gasteiger partial charge is 0.122 e. The maximum absolute atomic E-state index is 10.0. The number of halogens is 1. The first-order chi connectivity index (χ1) is 7.74. The topological polar surface area (TPSA) is 38.7 Å². The zero-order chi connectivity index (χ0) is 11.5. The first-order valence-electron chi connectivity index (χ1n) is 5.44. The van der Waals surface area contributed by atoms with Crippen molar-refractivity contribution in [3.8, 4) is 5.75 Å². The summed E-state index contributed by atoms with van der Waals surface area (Å²) in [5.41, 5.74) is 1.96. The Hall–Kier alpha value is -0.580. The number of hydrogen-bond acceptors (Lipinski definition) is 3. The van der Waals surface area contributed by atoms with E-state index >= 15 is 0 Å². The summed E-state index contributed by atoms with van der Waals surface area (Å²) >= 11 is 3.47.